The molecule has 4 nitrogen and oxygen atoms in total. The molecule has 0 aliphatic heterocycles. The van der Waals surface area contributed by atoms with Crippen LogP contribution in [0.1, 0.15) is 21.9 Å². The fraction of sp³-hybridized carbons (Fsp3) is 0.154. The summed E-state index contributed by atoms with van der Waals surface area (Å²) >= 11 is 5.64. The van der Waals surface area contributed by atoms with Gasteiger partial charge >= 0.3 is 0 Å². The van der Waals surface area contributed by atoms with Crippen molar-refractivity contribution >= 4 is 23.2 Å². The number of nitrogens with one attached hydrogen (secondary N) is 1. The molecule has 1 aromatic heterocycles. The van der Waals surface area contributed by atoms with Crippen LogP contribution in [-0.4, -0.2) is 15.9 Å². The maximum absolute atomic E-state index is 13.0. The second-order valence-electron chi connectivity index (χ2n) is 4.00. The van der Waals surface area contributed by atoms with Crippen LogP contribution in [0.5, 0.6) is 0 Å². The largest absolute Gasteiger partial charge is 0.322 e. The molecular weight excluding hydrogens is 269 g/mol. The predicted octanol–water partition coefficient (Wildman–Crippen LogP) is 3.14. The second-order valence-corrected chi connectivity index (χ2v) is 4.41. The first-order chi connectivity index (χ1) is 8.97. The highest BCUT2D eigenvalue weighted by atomic mass is 35.5. The number of hydrogen-bond donors (Lipinski definition) is 1. The monoisotopic (exact) mass is 279 g/mol. The smallest absolute Gasteiger partial charge is 0.259 e. The van der Waals surface area contributed by atoms with Crippen molar-refractivity contribution in [2.24, 2.45) is 0 Å². The van der Waals surface area contributed by atoms with Gasteiger partial charge < -0.3 is 5.32 Å². The van der Waals surface area contributed by atoms with E-state index in [9.17, 15) is 9.18 Å². The molecule has 1 amide bonds. The van der Waals surface area contributed by atoms with Crippen molar-refractivity contribution in [1.29, 1.82) is 0 Å². The first-order valence-electron chi connectivity index (χ1n) is 5.54. The van der Waals surface area contributed by atoms with Crippen LogP contribution in [0.3, 0.4) is 0 Å². The zero-order chi connectivity index (χ0) is 14.0. The first kappa shape index (κ1) is 13.4. The van der Waals surface area contributed by atoms with Crippen LogP contribution in [0.4, 0.5) is 10.1 Å². The van der Waals surface area contributed by atoms with Crippen molar-refractivity contribution in [3.8, 4) is 0 Å². The van der Waals surface area contributed by atoms with Crippen molar-refractivity contribution in [2.45, 2.75) is 13.8 Å². The molecule has 19 heavy (non-hydrogen) atoms. The minimum absolute atomic E-state index is 0.0466. The van der Waals surface area contributed by atoms with Gasteiger partial charge in [-0.25, -0.2) is 14.4 Å². The Morgan fingerprint density at radius 1 is 1.37 bits per heavy atom. The number of nitrogens with zero attached hydrogens (tertiary/aromatic N) is 2. The van der Waals surface area contributed by atoms with E-state index in [4.69, 9.17) is 11.6 Å². The van der Waals surface area contributed by atoms with Crippen molar-refractivity contribution in [3.05, 3.63) is 52.3 Å². The van der Waals surface area contributed by atoms with Gasteiger partial charge in [-0.15, -0.1) is 0 Å². The van der Waals surface area contributed by atoms with Crippen LogP contribution in [0.15, 0.2) is 24.4 Å². The molecule has 0 bridgehead atoms. The van der Waals surface area contributed by atoms with Crippen LogP contribution in [0.25, 0.3) is 0 Å². The Morgan fingerprint density at radius 3 is 2.74 bits per heavy atom. The van der Waals surface area contributed by atoms with E-state index in [0.29, 0.717) is 22.8 Å². The number of aromatic nitrogens is 2. The number of amides is 1. The van der Waals surface area contributed by atoms with E-state index in [0.717, 1.165) is 0 Å². The predicted molar refractivity (Wildman–Crippen MR) is 70.9 cm³/mol. The molecular formula is C13H11ClFN3O. The quantitative estimate of drug-likeness (QED) is 0.919. The molecule has 1 heterocycles. The maximum Gasteiger partial charge on any atom is 0.259 e. The van der Waals surface area contributed by atoms with Gasteiger partial charge in [0.15, 0.2) is 0 Å². The van der Waals surface area contributed by atoms with Gasteiger partial charge in [-0.1, -0.05) is 11.6 Å². The summed E-state index contributed by atoms with van der Waals surface area (Å²) in [6.45, 7) is 3.47. The maximum atomic E-state index is 13.0. The molecule has 1 N–H and O–H groups in total. The summed E-state index contributed by atoms with van der Waals surface area (Å²) in [5.41, 5.74) is 1.36. The summed E-state index contributed by atoms with van der Waals surface area (Å²) in [5, 5.41) is 2.57. The van der Waals surface area contributed by atoms with E-state index in [1.165, 1.54) is 24.4 Å². The van der Waals surface area contributed by atoms with Gasteiger partial charge in [0.25, 0.3) is 5.91 Å². The number of carbonyl (C=O) groups excluding carboxylic acids is 1. The lowest BCUT2D eigenvalue weighted by Crippen LogP contribution is -2.15. The molecule has 2 aromatic rings. The van der Waals surface area contributed by atoms with E-state index in [-0.39, 0.29) is 10.9 Å². The highest BCUT2D eigenvalue weighted by molar-refractivity contribution is 6.31. The Hall–Kier alpha value is -2.01. The third-order valence-electron chi connectivity index (χ3n) is 2.52. The standard InChI is InChI=1S/C13H11ClFN3O/c1-7-10(6-16-8(2)17-7)13(19)18-9-3-4-12(15)11(14)5-9/h3-6H,1-2H3,(H,18,19). The zero-order valence-corrected chi connectivity index (χ0v) is 11.1. The highest BCUT2D eigenvalue weighted by Gasteiger charge is 2.12. The average molecular weight is 280 g/mol. The summed E-state index contributed by atoms with van der Waals surface area (Å²) in [7, 11) is 0. The lowest BCUT2D eigenvalue weighted by molar-refractivity contribution is 0.102. The summed E-state index contributed by atoms with van der Waals surface area (Å²) in [5.74, 6) is -0.298. The zero-order valence-electron chi connectivity index (χ0n) is 10.4. The molecule has 0 atom stereocenters. The van der Waals surface area contributed by atoms with E-state index < -0.39 is 5.82 Å². The Labute approximate surface area is 114 Å². The Bertz CT molecular complexity index is 646. The molecule has 0 aliphatic rings. The molecule has 0 unspecified atom stereocenters. The molecule has 1 aromatic carbocycles. The van der Waals surface area contributed by atoms with Crippen molar-refractivity contribution < 1.29 is 9.18 Å². The number of benzene rings is 1. The first-order valence-corrected chi connectivity index (χ1v) is 5.92. The SMILES string of the molecule is Cc1ncc(C(=O)Nc2ccc(F)c(Cl)c2)c(C)n1. The highest BCUT2D eigenvalue weighted by Crippen LogP contribution is 2.20. The topological polar surface area (TPSA) is 54.9 Å². The number of aryl methyl sites for hydroxylation is 2. The van der Waals surface area contributed by atoms with Crippen LogP contribution < -0.4 is 5.32 Å². The van der Waals surface area contributed by atoms with Gasteiger partial charge in [0, 0.05) is 11.9 Å². The minimum atomic E-state index is -0.533. The summed E-state index contributed by atoms with van der Waals surface area (Å²) < 4.78 is 13.0. The van der Waals surface area contributed by atoms with Gasteiger partial charge in [0.1, 0.15) is 11.6 Å². The van der Waals surface area contributed by atoms with Crippen molar-refractivity contribution in [1.82, 2.24) is 9.97 Å². The number of halogens is 2. The third kappa shape index (κ3) is 3.06. The lowest BCUT2D eigenvalue weighted by Gasteiger charge is -2.07. The fourth-order valence-electron chi connectivity index (χ4n) is 1.58. The third-order valence-corrected chi connectivity index (χ3v) is 2.81. The van der Waals surface area contributed by atoms with Crippen molar-refractivity contribution in [3.63, 3.8) is 0 Å². The summed E-state index contributed by atoms with van der Waals surface area (Å²) in [6, 6.07) is 3.97. The Kier molecular flexibility index (Phi) is 3.76. The molecule has 6 heteroatoms. The number of anilines is 1. The summed E-state index contributed by atoms with van der Waals surface area (Å²) in [4.78, 5) is 20.1. The van der Waals surface area contributed by atoms with Crippen LogP contribution >= 0.6 is 11.6 Å². The van der Waals surface area contributed by atoms with Crippen LogP contribution in [0.2, 0.25) is 5.02 Å². The van der Waals surface area contributed by atoms with Crippen LogP contribution in [-0.2, 0) is 0 Å². The molecule has 0 saturated heterocycles. The minimum Gasteiger partial charge on any atom is -0.322 e. The molecule has 0 spiro atoms. The molecule has 0 aliphatic carbocycles. The van der Waals surface area contributed by atoms with Gasteiger partial charge in [-0.3, -0.25) is 4.79 Å². The van der Waals surface area contributed by atoms with E-state index >= 15 is 0 Å². The van der Waals surface area contributed by atoms with E-state index in [1.54, 1.807) is 13.8 Å². The number of rotatable bonds is 2. The molecule has 98 valence electrons. The van der Waals surface area contributed by atoms with Crippen molar-refractivity contribution in [2.75, 3.05) is 5.32 Å². The van der Waals surface area contributed by atoms with E-state index in [1.807, 2.05) is 0 Å². The molecule has 2 rings (SSSR count). The van der Waals surface area contributed by atoms with Gasteiger partial charge in [0.05, 0.1) is 16.3 Å². The Balaban J connectivity index is 2.23. The van der Waals surface area contributed by atoms with Crippen LogP contribution in [0, 0.1) is 19.7 Å². The second kappa shape index (κ2) is 5.32. The Morgan fingerprint density at radius 2 is 2.11 bits per heavy atom. The molecule has 0 saturated carbocycles. The lowest BCUT2D eigenvalue weighted by atomic mass is 10.2. The number of hydrogen-bond acceptors (Lipinski definition) is 3. The summed E-state index contributed by atoms with van der Waals surface area (Å²) in [6.07, 6.45) is 1.46. The molecule has 0 radical (unpaired) electrons. The normalized spacial score (nSPS) is 10.3. The molecule has 0 fully saturated rings. The van der Waals surface area contributed by atoms with Gasteiger partial charge in [-0.05, 0) is 32.0 Å². The van der Waals surface area contributed by atoms with Gasteiger partial charge in [-0.2, -0.15) is 0 Å². The van der Waals surface area contributed by atoms with Gasteiger partial charge in [0.2, 0.25) is 0 Å². The fourth-order valence-corrected chi connectivity index (χ4v) is 1.76. The van der Waals surface area contributed by atoms with E-state index in [2.05, 4.69) is 15.3 Å². The average Bonchev–Trinajstić information content (AvgIpc) is 2.33. The number of carbonyl (C=O) groups is 1.